The van der Waals surface area contributed by atoms with Crippen molar-refractivity contribution in [2.75, 3.05) is 0 Å². The summed E-state index contributed by atoms with van der Waals surface area (Å²) in [5.74, 6) is 2.28. The summed E-state index contributed by atoms with van der Waals surface area (Å²) in [7, 11) is 0. The lowest BCUT2D eigenvalue weighted by atomic mass is 9.89. The first kappa shape index (κ1) is 13.9. The standard InChI is InChI=1S/C19H12N2O/c1-2-3-18(22)19-14-6-4-12(10-20)8-16(14)17-9-13(11-21)5-7-15(17)19/h1,4-9,18-19,22H,3H2. The lowest BCUT2D eigenvalue weighted by Gasteiger charge is -2.18. The number of nitriles is 2. The van der Waals surface area contributed by atoms with Crippen LogP contribution in [0, 0.1) is 35.0 Å². The van der Waals surface area contributed by atoms with Crippen molar-refractivity contribution in [3.05, 3.63) is 58.7 Å². The zero-order chi connectivity index (χ0) is 15.7. The number of fused-ring (bicyclic) bond motifs is 3. The Morgan fingerprint density at radius 3 is 1.91 bits per heavy atom. The largest absolute Gasteiger partial charge is 0.391 e. The van der Waals surface area contributed by atoms with Crippen molar-refractivity contribution >= 4 is 0 Å². The number of hydrogen-bond acceptors (Lipinski definition) is 3. The van der Waals surface area contributed by atoms with Gasteiger partial charge >= 0.3 is 0 Å². The highest BCUT2D eigenvalue weighted by molar-refractivity contribution is 5.81. The van der Waals surface area contributed by atoms with Gasteiger partial charge in [0, 0.05) is 12.3 Å². The molecule has 22 heavy (non-hydrogen) atoms. The van der Waals surface area contributed by atoms with E-state index in [9.17, 15) is 5.11 Å². The number of aliphatic hydroxyl groups is 1. The monoisotopic (exact) mass is 284 g/mol. The first-order valence-electron chi connectivity index (χ1n) is 6.89. The van der Waals surface area contributed by atoms with Crippen LogP contribution in [0.25, 0.3) is 11.1 Å². The minimum atomic E-state index is -0.689. The van der Waals surface area contributed by atoms with Crippen molar-refractivity contribution in [3.8, 4) is 35.6 Å². The second-order valence-electron chi connectivity index (χ2n) is 5.28. The maximum Gasteiger partial charge on any atom is 0.0991 e. The second-order valence-corrected chi connectivity index (χ2v) is 5.28. The molecule has 1 aliphatic carbocycles. The normalized spacial score (nSPS) is 13.4. The summed E-state index contributed by atoms with van der Waals surface area (Å²) < 4.78 is 0. The Balaban J connectivity index is 2.25. The minimum absolute atomic E-state index is 0.221. The Morgan fingerprint density at radius 1 is 1.00 bits per heavy atom. The third-order valence-corrected chi connectivity index (χ3v) is 4.04. The van der Waals surface area contributed by atoms with Gasteiger partial charge in [0.05, 0.1) is 29.4 Å². The zero-order valence-electron chi connectivity index (χ0n) is 11.7. The summed E-state index contributed by atoms with van der Waals surface area (Å²) in [5, 5.41) is 28.6. The van der Waals surface area contributed by atoms with E-state index in [1.807, 2.05) is 12.1 Å². The van der Waals surface area contributed by atoms with Crippen LogP contribution in [0.5, 0.6) is 0 Å². The Labute approximate surface area is 129 Å². The zero-order valence-corrected chi connectivity index (χ0v) is 11.7. The lowest BCUT2D eigenvalue weighted by Crippen LogP contribution is -2.17. The van der Waals surface area contributed by atoms with E-state index in [2.05, 4.69) is 18.1 Å². The Kier molecular flexibility index (Phi) is 3.40. The highest BCUT2D eigenvalue weighted by Gasteiger charge is 2.33. The molecule has 104 valence electrons. The van der Waals surface area contributed by atoms with E-state index >= 15 is 0 Å². The van der Waals surface area contributed by atoms with Gasteiger partial charge < -0.3 is 5.11 Å². The molecule has 1 unspecified atom stereocenters. The van der Waals surface area contributed by atoms with Gasteiger partial charge in [-0.05, 0) is 46.5 Å². The van der Waals surface area contributed by atoms with Crippen molar-refractivity contribution < 1.29 is 5.11 Å². The van der Waals surface area contributed by atoms with Crippen LogP contribution >= 0.6 is 0 Å². The van der Waals surface area contributed by atoms with E-state index in [4.69, 9.17) is 16.9 Å². The van der Waals surface area contributed by atoms with Crippen LogP contribution in [0.1, 0.15) is 34.6 Å². The predicted octanol–water partition coefficient (Wildman–Crippen LogP) is 2.93. The van der Waals surface area contributed by atoms with E-state index in [1.165, 1.54) is 0 Å². The van der Waals surface area contributed by atoms with Crippen LogP contribution < -0.4 is 0 Å². The van der Waals surface area contributed by atoms with Gasteiger partial charge in [0.1, 0.15) is 0 Å². The molecule has 3 nitrogen and oxygen atoms in total. The van der Waals surface area contributed by atoms with Gasteiger partial charge in [-0.15, -0.1) is 12.3 Å². The van der Waals surface area contributed by atoms with Crippen molar-refractivity contribution in [3.63, 3.8) is 0 Å². The van der Waals surface area contributed by atoms with E-state index in [1.54, 1.807) is 24.3 Å². The molecule has 0 aliphatic heterocycles. The van der Waals surface area contributed by atoms with Gasteiger partial charge in [0.2, 0.25) is 0 Å². The second kappa shape index (κ2) is 5.38. The average Bonchev–Trinajstić information content (AvgIpc) is 2.87. The van der Waals surface area contributed by atoms with Gasteiger partial charge in [-0.2, -0.15) is 10.5 Å². The molecular formula is C19H12N2O. The molecule has 1 N–H and O–H groups in total. The minimum Gasteiger partial charge on any atom is -0.391 e. The summed E-state index contributed by atoms with van der Waals surface area (Å²) in [6, 6.07) is 15.1. The molecule has 1 atom stereocenters. The Morgan fingerprint density at radius 2 is 1.50 bits per heavy atom. The van der Waals surface area contributed by atoms with Crippen LogP contribution in [0.2, 0.25) is 0 Å². The van der Waals surface area contributed by atoms with Gasteiger partial charge in [0.15, 0.2) is 0 Å². The van der Waals surface area contributed by atoms with E-state index in [-0.39, 0.29) is 12.3 Å². The van der Waals surface area contributed by atoms with E-state index in [0.29, 0.717) is 11.1 Å². The fraction of sp³-hybridized carbons (Fsp3) is 0.158. The summed E-state index contributed by atoms with van der Waals surface area (Å²) in [5.41, 5.74) is 4.80. The van der Waals surface area contributed by atoms with Crippen molar-refractivity contribution in [1.82, 2.24) is 0 Å². The van der Waals surface area contributed by atoms with Gasteiger partial charge in [-0.1, -0.05) is 12.1 Å². The van der Waals surface area contributed by atoms with Crippen molar-refractivity contribution in [1.29, 1.82) is 10.5 Å². The van der Waals surface area contributed by atoms with Crippen LogP contribution in [-0.2, 0) is 0 Å². The Bertz CT molecular complexity index is 814. The summed E-state index contributed by atoms with van der Waals surface area (Å²) >= 11 is 0. The molecule has 0 saturated carbocycles. The smallest absolute Gasteiger partial charge is 0.0991 e. The van der Waals surface area contributed by atoms with Crippen LogP contribution in [0.15, 0.2) is 36.4 Å². The molecule has 0 fully saturated rings. The summed E-state index contributed by atoms with van der Waals surface area (Å²) in [6.07, 6.45) is 4.90. The first-order chi connectivity index (χ1) is 10.7. The molecule has 0 bridgehead atoms. The molecule has 3 heteroatoms. The molecule has 0 spiro atoms. The molecule has 3 rings (SSSR count). The van der Waals surface area contributed by atoms with Crippen LogP contribution in [-0.4, -0.2) is 11.2 Å². The number of benzene rings is 2. The maximum absolute atomic E-state index is 10.4. The molecule has 0 amide bonds. The highest BCUT2D eigenvalue weighted by Crippen LogP contribution is 2.47. The average molecular weight is 284 g/mol. The van der Waals surface area contributed by atoms with E-state index < -0.39 is 6.10 Å². The van der Waals surface area contributed by atoms with Crippen molar-refractivity contribution in [2.24, 2.45) is 0 Å². The molecular weight excluding hydrogens is 272 g/mol. The number of terminal acetylenes is 1. The van der Waals surface area contributed by atoms with Gasteiger partial charge in [-0.3, -0.25) is 0 Å². The number of hydrogen-bond donors (Lipinski definition) is 1. The highest BCUT2D eigenvalue weighted by atomic mass is 16.3. The molecule has 0 aromatic heterocycles. The first-order valence-corrected chi connectivity index (χ1v) is 6.89. The maximum atomic E-state index is 10.4. The summed E-state index contributed by atoms with van der Waals surface area (Å²) in [4.78, 5) is 0. The molecule has 2 aromatic rings. The molecule has 1 aliphatic rings. The molecule has 0 saturated heterocycles. The third-order valence-electron chi connectivity index (χ3n) is 4.04. The third kappa shape index (κ3) is 2.04. The molecule has 0 radical (unpaired) electrons. The lowest BCUT2D eigenvalue weighted by molar-refractivity contribution is 0.163. The number of rotatable bonds is 2. The molecule has 2 aromatic carbocycles. The topological polar surface area (TPSA) is 67.8 Å². The number of aliphatic hydroxyl groups excluding tert-OH is 1. The van der Waals surface area contributed by atoms with Gasteiger partial charge in [0.25, 0.3) is 0 Å². The quantitative estimate of drug-likeness (QED) is 0.862. The fourth-order valence-corrected chi connectivity index (χ4v) is 3.08. The van der Waals surface area contributed by atoms with Crippen LogP contribution in [0.4, 0.5) is 0 Å². The predicted molar refractivity (Wildman–Crippen MR) is 82.6 cm³/mol. The van der Waals surface area contributed by atoms with Gasteiger partial charge in [-0.25, -0.2) is 0 Å². The number of nitrogens with zero attached hydrogens (tertiary/aromatic N) is 2. The molecule has 0 heterocycles. The Hall–Kier alpha value is -3.06. The fourth-order valence-electron chi connectivity index (χ4n) is 3.08. The van der Waals surface area contributed by atoms with Crippen LogP contribution in [0.3, 0.4) is 0 Å². The SMILES string of the molecule is C#CCC(O)C1c2ccc(C#N)cc2-c2cc(C#N)ccc21. The van der Waals surface area contributed by atoms with Crippen molar-refractivity contribution in [2.45, 2.75) is 18.4 Å². The van der Waals surface area contributed by atoms with E-state index in [0.717, 1.165) is 22.3 Å². The summed E-state index contributed by atoms with van der Waals surface area (Å²) in [6.45, 7) is 0.